The second-order valence-electron chi connectivity index (χ2n) is 4.91. The van der Waals surface area contributed by atoms with Crippen LogP contribution in [0.15, 0.2) is 18.2 Å². The molecule has 0 saturated heterocycles. The van der Waals surface area contributed by atoms with Gasteiger partial charge in [-0.25, -0.2) is 0 Å². The molecule has 94 valence electrons. The van der Waals surface area contributed by atoms with Crippen LogP contribution in [-0.4, -0.2) is 13.1 Å². The number of benzene rings is 1. The molecule has 3 heteroatoms. The smallest absolute Gasteiger partial charge is 0.0459 e. The number of rotatable bonds is 5. The minimum Gasteiger partial charge on any atom is -0.316 e. The molecule has 0 atom stereocenters. The Hall–Kier alpha value is -0.240. The largest absolute Gasteiger partial charge is 0.316 e. The third-order valence-electron chi connectivity index (χ3n) is 3.69. The van der Waals surface area contributed by atoms with Gasteiger partial charge in [0, 0.05) is 22.0 Å². The first-order valence-corrected chi connectivity index (χ1v) is 7.10. The monoisotopic (exact) mass is 271 g/mol. The predicted octanol–water partition coefficient (Wildman–Crippen LogP) is 4.41. The van der Waals surface area contributed by atoms with E-state index in [2.05, 4.69) is 12.2 Å². The maximum atomic E-state index is 6.33. The van der Waals surface area contributed by atoms with E-state index in [-0.39, 0.29) is 5.41 Å². The summed E-state index contributed by atoms with van der Waals surface area (Å²) in [6.45, 7) is 4.23. The van der Waals surface area contributed by atoms with E-state index in [1.54, 1.807) is 0 Å². The van der Waals surface area contributed by atoms with Crippen LogP contribution in [0.1, 0.15) is 38.2 Å². The number of hydrogen-bond donors (Lipinski definition) is 1. The molecule has 1 fully saturated rings. The fraction of sp³-hybridized carbons (Fsp3) is 0.571. The van der Waals surface area contributed by atoms with E-state index < -0.39 is 0 Å². The molecule has 0 amide bonds. The van der Waals surface area contributed by atoms with Gasteiger partial charge in [-0.2, -0.15) is 0 Å². The van der Waals surface area contributed by atoms with Gasteiger partial charge < -0.3 is 5.32 Å². The third-order valence-corrected chi connectivity index (χ3v) is 4.32. The second-order valence-corrected chi connectivity index (χ2v) is 5.72. The van der Waals surface area contributed by atoms with Crippen molar-refractivity contribution in [3.63, 3.8) is 0 Å². The van der Waals surface area contributed by atoms with Gasteiger partial charge in [0.25, 0.3) is 0 Å². The summed E-state index contributed by atoms with van der Waals surface area (Å²) in [5, 5.41) is 5.14. The van der Waals surface area contributed by atoms with Gasteiger partial charge in [-0.1, -0.05) is 42.6 Å². The summed E-state index contributed by atoms with van der Waals surface area (Å²) >= 11 is 12.7. The Kier molecular flexibility index (Phi) is 4.35. The lowest BCUT2D eigenvalue weighted by molar-refractivity contribution is 0.234. The average molecular weight is 272 g/mol. The Morgan fingerprint density at radius 2 is 1.88 bits per heavy atom. The first-order valence-electron chi connectivity index (χ1n) is 6.35. The number of hydrogen-bond acceptors (Lipinski definition) is 1. The zero-order chi connectivity index (χ0) is 12.3. The molecule has 1 N–H and O–H groups in total. The van der Waals surface area contributed by atoms with E-state index in [4.69, 9.17) is 23.2 Å². The molecule has 17 heavy (non-hydrogen) atoms. The van der Waals surface area contributed by atoms with Gasteiger partial charge in [-0.15, -0.1) is 0 Å². The van der Waals surface area contributed by atoms with Crippen LogP contribution < -0.4 is 5.32 Å². The molecule has 0 spiro atoms. The quantitative estimate of drug-likeness (QED) is 0.783. The van der Waals surface area contributed by atoms with Crippen molar-refractivity contribution in [3.8, 4) is 0 Å². The molecule has 0 unspecified atom stereocenters. The molecule has 1 nitrogen and oxygen atoms in total. The first kappa shape index (κ1) is 13.2. The zero-order valence-corrected chi connectivity index (χ0v) is 11.7. The Morgan fingerprint density at radius 3 is 2.35 bits per heavy atom. The average Bonchev–Trinajstić information content (AvgIpc) is 2.24. The number of nitrogens with one attached hydrogen (secondary N) is 1. The highest BCUT2D eigenvalue weighted by Crippen LogP contribution is 2.48. The van der Waals surface area contributed by atoms with Gasteiger partial charge in [-0.3, -0.25) is 0 Å². The van der Waals surface area contributed by atoms with Crippen molar-refractivity contribution < 1.29 is 0 Å². The SMILES string of the molecule is CCCNCC1(c2c(Cl)cccc2Cl)CCC1. The molecular weight excluding hydrogens is 253 g/mol. The van der Waals surface area contributed by atoms with Gasteiger partial charge in [0.1, 0.15) is 0 Å². The zero-order valence-electron chi connectivity index (χ0n) is 10.2. The van der Waals surface area contributed by atoms with Gasteiger partial charge >= 0.3 is 0 Å². The molecule has 0 radical (unpaired) electrons. The van der Waals surface area contributed by atoms with Crippen molar-refractivity contribution in [1.29, 1.82) is 0 Å². The summed E-state index contributed by atoms with van der Waals surface area (Å²) in [7, 11) is 0. The molecule has 0 heterocycles. The minimum atomic E-state index is 0.171. The predicted molar refractivity (Wildman–Crippen MR) is 75.2 cm³/mol. The van der Waals surface area contributed by atoms with Crippen LogP contribution in [-0.2, 0) is 5.41 Å². The molecule has 1 aromatic rings. The molecule has 1 aromatic carbocycles. The fourth-order valence-corrected chi connectivity index (χ4v) is 3.43. The standard InChI is InChI=1S/C14H19Cl2N/c1-2-9-17-10-14(7-4-8-14)13-11(15)5-3-6-12(13)16/h3,5-6,17H,2,4,7-10H2,1H3. The summed E-state index contributed by atoms with van der Waals surface area (Å²) in [4.78, 5) is 0. The topological polar surface area (TPSA) is 12.0 Å². The molecular formula is C14H19Cl2N. The highest BCUT2D eigenvalue weighted by atomic mass is 35.5. The molecule has 0 aromatic heterocycles. The molecule has 1 saturated carbocycles. The molecule has 2 rings (SSSR count). The van der Waals surface area contributed by atoms with Crippen molar-refractivity contribution in [1.82, 2.24) is 5.32 Å². The van der Waals surface area contributed by atoms with Crippen LogP contribution in [0.4, 0.5) is 0 Å². The Morgan fingerprint density at radius 1 is 1.24 bits per heavy atom. The van der Waals surface area contributed by atoms with Crippen LogP contribution in [0.3, 0.4) is 0 Å². The summed E-state index contributed by atoms with van der Waals surface area (Å²) in [6, 6.07) is 5.81. The lowest BCUT2D eigenvalue weighted by Crippen LogP contribution is -2.44. The van der Waals surface area contributed by atoms with E-state index in [1.807, 2.05) is 18.2 Å². The summed E-state index contributed by atoms with van der Waals surface area (Å²) in [5.41, 5.74) is 1.32. The summed E-state index contributed by atoms with van der Waals surface area (Å²) in [5.74, 6) is 0. The lowest BCUT2D eigenvalue weighted by Gasteiger charge is -2.43. The highest BCUT2D eigenvalue weighted by Gasteiger charge is 2.40. The Bertz CT molecular complexity index is 366. The maximum Gasteiger partial charge on any atom is 0.0459 e. The maximum absolute atomic E-state index is 6.33. The van der Waals surface area contributed by atoms with Crippen molar-refractivity contribution in [3.05, 3.63) is 33.8 Å². The van der Waals surface area contributed by atoms with Crippen molar-refractivity contribution in [2.75, 3.05) is 13.1 Å². The van der Waals surface area contributed by atoms with Crippen LogP contribution in [0.25, 0.3) is 0 Å². The van der Waals surface area contributed by atoms with Gasteiger partial charge in [0.05, 0.1) is 0 Å². The van der Waals surface area contributed by atoms with E-state index in [1.165, 1.54) is 19.3 Å². The van der Waals surface area contributed by atoms with Crippen LogP contribution in [0.5, 0.6) is 0 Å². The van der Waals surface area contributed by atoms with Gasteiger partial charge in [0.15, 0.2) is 0 Å². The van der Waals surface area contributed by atoms with Crippen LogP contribution in [0, 0.1) is 0 Å². The number of halogens is 2. The molecule has 0 aliphatic heterocycles. The summed E-state index contributed by atoms with van der Waals surface area (Å²) in [6.07, 6.45) is 4.81. The lowest BCUT2D eigenvalue weighted by atomic mass is 9.64. The van der Waals surface area contributed by atoms with Crippen LogP contribution >= 0.6 is 23.2 Å². The first-order chi connectivity index (χ1) is 8.19. The van der Waals surface area contributed by atoms with E-state index >= 15 is 0 Å². The van der Waals surface area contributed by atoms with Crippen LogP contribution in [0.2, 0.25) is 10.0 Å². The Labute approximate surface area is 114 Å². The molecule has 1 aliphatic carbocycles. The fourth-order valence-electron chi connectivity index (χ4n) is 2.63. The summed E-state index contributed by atoms with van der Waals surface area (Å²) < 4.78 is 0. The van der Waals surface area contributed by atoms with Crippen molar-refractivity contribution in [2.24, 2.45) is 0 Å². The van der Waals surface area contributed by atoms with Gasteiger partial charge in [-0.05, 0) is 43.5 Å². The van der Waals surface area contributed by atoms with E-state index in [0.29, 0.717) is 0 Å². The third kappa shape index (κ3) is 2.62. The molecule has 0 bridgehead atoms. The van der Waals surface area contributed by atoms with Crippen molar-refractivity contribution in [2.45, 2.75) is 38.0 Å². The van der Waals surface area contributed by atoms with Gasteiger partial charge in [0.2, 0.25) is 0 Å². The second kappa shape index (κ2) is 5.60. The van der Waals surface area contributed by atoms with Crippen molar-refractivity contribution >= 4 is 23.2 Å². The minimum absolute atomic E-state index is 0.171. The van der Waals surface area contributed by atoms with E-state index in [9.17, 15) is 0 Å². The Balaban J connectivity index is 2.22. The normalized spacial score (nSPS) is 17.8. The highest BCUT2D eigenvalue weighted by molar-refractivity contribution is 6.36. The molecule has 1 aliphatic rings. The van der Waals surface area contributed by atoms with E-state index in [0.717, 1.165) is 35.1 Å².